The highest BCUT2D eigenvalue weighted by Crippen LogP contribution is 2.25. The molecule has 166 valence electrons. The lowest BCUT2D eigenvalue weighted by Gasteiger charge is -2.07. The standard InChI is InChI=1S/C26H32O4S/c1-2-3-4-5-6-7-8-9-20-30-23-15-13-22(14-16-23)26(29)31-24-17-10-21(11-18-24)12-19-25(27)28/h10-19H,2-9,20H2,1H3,(H,27,28)/b19-12+. The Morgan fingerprint density at radius 3 is 2.10 bits per heavy atom. The molecule has 0 saturated heterocycles. The second-order valence-electron chi connectivity index (χ2n) is 7.48. The van der Waals surface area contributed by atoms with Crippen LogP contribution in [0.25, 0.3) is 6.08 Å². The van der Waals surface area contributed by atoms with E-state index in [1.165, 1.54) is 51.0 Å². The highest BCUT2D eigenvalue weighted by Gasteiger charge is 2.08. The van der Waals surface area contributed by atoms with Gasteiger partial charge in [0.15, 0.2) is 0 Å². The van der Waals surface area contributed by atoms with Crippen molar-refractivity contribution in [3.05, 3.63) is 65.7 Å². The zero-order valence-electron chi connectivity index (χ0n) is 18.2. The number of thioether (sulfide) groups is 1. The van der Waals surface area contributed by atoms with Crippen LogP contribution in [0.1, 0.15) is 74.2 Å². The van der Waals surface area contributed by atoms with Crippen LogP contribution >= 0.6 is 11.8 Å². The summed E-state index contributed by atoms with van der Waals surface area (Å²) in [6, 6.07) is 14.5. The van der Waals surface area contributed by atoms with Crippen LogP contribution in [0.3, 0.4) is 0 Å². The molecule has 0 heterocycles. The van der Waals surface area contributed by atoms with E-state index in [9.17, 15) is 9.59 Å². The van der Waals surface area contributed by atoms with Gasteiger partial charge in [0.1, 0.15) is 5.75 Å². The van der Waals surface area contributed by atoms with E-state index in [0.717, 1.165) is 40.5 Å². The minimum absolute atomic E-state index is 0.0385. The van der Waals surface area contributed by atoms with Crippen LogP contribution in [0.15, 0.2) is 59.5 Å². The van der Waals surface area contributed by atoms with E-state index in [1.807, 2.05) is 24.3 Å². The summed E-state index contributed by atoms with van der Waals surface area (Å²) >= 11 is 1.15. The Bertz CT molecular complexity index is 825. The minimum Gasteiger partial charge on any atom is -0.494 e. The second-order valence-corrected chi connectivity index (χ2v) is 8.52. The van der Waals surface area contributed by atoms with Crippen LogP contribution in [-0.4, -0.2) is 22.8 Å². The Kier molecular flexibility index (Phi) is 11.5. The monoisotopic (exact) mass is 440 g/mol. The summed E-state index contributed by atoms with van der Waals surface area (Å²) in [5.41, 5.74) is 1.40. The smallest absolute Gasteiger partial charge is 0.328 e. The van der Waals surface area contributed by atoms with Crippen LogP contribution < -0.4 is 4.74 Å². The summed E-state index contributed by atoms with van der Waals surface area (Å²) in [7, 11) is 0. The first-order chi connectivity index (χ1) is 15.1. The van der Waals surface area contributed by atoms with Crippen LogP contribution in [0, 0.1) is 0 Å². The van der Waals surface area contributed by atoms with Gasteiger partial charge in [-0.25, -0.2) is 4.79 Å². The summed E-state index contributed by atoms with van der Waals surface area (Å²) < 4.78 is 5.79. The van der Waals surface area contributed by atoms with Crippen LogP contribution in [0.5, 0.6) is 5.75 Å². The van der Waals surface area contributed by atoms with Crippen molar-refractivity contribution in [2.45, 2.75) is 63.2 Å². The summed E-state index contributed by atoms with van der Waals surface area (Å²) in [5.74, 6) is -0.196. The zero-order valence-corrected chi connectivity index (χ0v) is 19.0. The van der Waals surface area contributed by atoms with Crippen molar-refractivity contribution in [1.29, 1.82) is 0 Å². The van der Waals surface area contributed by atoms with Gasteiger partial charge in [0, 0.05) is 16.5 Å². The number of rotatable bonds is 14. The molecule has 31 heavy (non-hydrogen) atoms. The number of carbonyl (C=O) groups is 2. The molecule has 0 atom stereocenters. The lowest BCUT2D eigenvalue weighted by molar-refractivity contribution is -0.131. The van der Waals surface area contributed by atoms with Gasteiger partial charge in [0.25, 0.3) is 0 Å². The highest BCUT2D eigenvalue weighted by molar-refractivity contribution is 8.14. The minimum atomic E-state index is -0.987. The van der Waals surface area contributed by atoms with Crippen LogP contribution in [0.4, 0.5) is 0 Å². The van der Waals surface area contributed by atoms with E-state index in [2.05, 4.69) is 6.92 Å². The Morgan fingerprint density at radius 2 is 1.48 bits per heavy atom. The van der Waals surface area contributed by atoms with Crippen molar-refractivity contribution in [2.75, 3.05) is 6.61 Å². The third kappa shape index (κ3) is 10.4. The summed E-state index contributed by atoms with van der Waals surface area (Å²) in [5, 5.41) is 8.63. The first-order valence-electron chi connectivity index (χ1n) is 11.0. The Labute approximate surface area is 189 Å². The molecule has 0 aliphatic rings. The van der Waals surface area contributed by atoms with Crippen LogP contribution in [-0.2, 0) is 4.79 Å². The predicted octanol–water partition coefficient (Wildman–Crippen LogP) is 7.24. The molecular formula is C26H32O4S. The van der Waals surface area contributed by atoms with E-state index in [1.54, 1.807) is 24.3 Å². The summed E-state index contributed by atoms with van der Waals surface area (Å²) in [6.07, 6.45) is 12.8. The SMILES string of the molecule is CCCCCCCCCCOc1ccc(C(=O)Sc2ccc(/C=C/C(=O)O)cc2)cc1. The lowest BCUT2D eigenvalue weighted by atomic mass is 10.1. The highest BCUT2D eigenvalue weighted by atomic mass is 32.2. The van der Waals surface area contributed by atoms with Crippen molar-refractivity contribution >= 4 is 28.9 Å². The van der Waals surface area contributed by atoms with Crippen LogP contribution in [0.2, 0.25) is 0 Å². The fraction of sp³-hybridized carbons (Fsp3) is 0.385. The largest absolute Gasteiger partial charge is 0.494 e. The number of unbranched alkanes of at least 4 members (excludes halogenated alkanes) is 7. The van der Waals surface area contributed by atoms with Gasteiger partial charge < -0.3 is 9.84 Å². The van der Waals surface area contributed by atoms with Gasteiger partial charge in [-0.05, 0) is 66.2 Å². The quantitative estimate of drug-likeness (QED) is 0.191. The van der Waals surface area contributed by atoms with Crippen molar-refractivity contribution < 1.29 is 19.4 Å². The van der Waals surface area contributed by atoms with E-state index >= 15 is 0 Å². The Hall–Kier alpha value is -2.53. The molecule has 2 aromatic rings. The number of carboxylic acids is 1. The molecule has 4 nitrogen and oxygen atoms in total. The molecule has 0 aliphatic heterocycles. The number of ether oxygens (including phenoxy) is 1. The molecule has 2 rings (SSSR count). The van der Waals surface area contributed by atoms with Crippen molar-refractivity contribution in [2.24, 2.45) is 0 Å². The number of hydrogen-bond donors (Lipinski definition) is 1. The van der Waals surface area contributed by atoms with Gasteiger partial charge in [-0.1, -0.05) is 64.0 Å². The summed E-state index contributed by atoms with van der Waals surface area (Å²) in [6.45, 7) is 2.95. The average molecular weight is 441 g/mol. The molecule has 5 heteroatoms. The molecule has 0 aliphatic carbocycles. The molecule has 2 aromatic carbocycles. The molecule has 0 fully saturated rings. The molecule has 0 unspecified atom stereocenters. The van der Waals surface area contributed by atoms with E-state index < -0.39 is 5.97 Å². The third-order valence-electron chi connectivity index (χ3n) is 4.87. The van der Waals surface area contributed by atoms with E-state index in [-0.39, 0.29) is 5.12 Å². The van der Waals surface area contributed by atoms with E-state index in [0.29, 0.717) is 12.2 Å². The second kappa shape index (κ2) is 14.5. The fourth-order valence-corrected chi connectivity index (χ4v) is 3.83. The predicted molar refractivity (Wildman–Crippen MR) is 128 cm³/mol. The van der Waals surface area contributed by atoms with Crippen molar-refractivity contribution in [3.8, 4) is 5.75 Å². The van der Waals surface area contributed by atoms with Gasteiger partial charge in [-0.3, -0.25) is 4.79 Å². The first kappa shape index (κ1) is 24.7. The molecular weight excluding hydrogens is 408 g/mol. The van der Waals surface area contributed by atoms with E-state index in [4.69, 9.17) is 9.84 Å². The zero-order chi connectivity index (χ0) is 22.3. The van der Waals surface area contributed by atoms with Gasteiger partial charge in [-0.15, -0.1) is 0 Å². The number of carboxylic acid groups (broad SMARTS) is 1. The fourth-order valence-electron chi connectivity index (χ4n) is 3.09. The van der Waals surface area contributed by atoms with Crippen molar-refractivity contribution in [3.63, 3.8) is 0 Å². The van der Waals surface area contributed by atoms with Gasteiger partial charge in [-0.2, -0.15) is 0 Å². The molecule has 0 spiro atoms. The number of carbonyl (C=O) groups excluding carboxylic acids is 1. The Morgan fingerprint density at radius 1 is 0.871 bits per heavy atom. The molecule has 0 saturated carbocycles. The number of benzene rings is 2. The Balaban J connectivity index is 1.70. The summed E-state index contributed by atoms with van der Waals surface area (Å²) in [4.78, 5) is 23.9. The molecule has 0 radical (unpaired) electrons. The maximum Gasteiger partial charge on any atom is 0.328 e. The third-order valence-corrected chi connectivity index (χ3v) is 5.79. The number of hydrogen-bond acceptors (Lipinski definition) is 4. The van der Waals surface area contributed by atoms with Gasteiger partial charge in [0.05, 0.1) is 6.61 Å². The topological polar surface area (TPSA) is 63.6 Å². The maximum atomic E-state index is 12.5. The lowest BCUT2D eigenvalue weighted by Crippen LogP contribution is -1.98. The molecule has 0 aromatic heterocycles. The molecule has 0 bridgehead atoms. The van der Waals surface area contributed by atoms with Crippen molar-refractivity contribution in [1.82, 2.24) is 0 Å². The van der Waals surface area contributed by atoms with Gasteiger partial charge >= 0.3 is 5.97 Å². The number of aliphatic carboxylic acids is 1. The molecule has 0 amide bonds. The first-order valence-corrected chi connectivity index (χ1v) is 11.9. The van der Waals surface area contributed by atoms with Gasteiger partial charge in [0.2, 0.25) is 5.12 Å². The average Bonchev–Trinajstić information content (AvgIpc) is 2.78. The molecule has 1 N–H and O–H groups in total. The normalized spacial score (nSPS) is 11.0. The maximum absolute atomic E-state index is 12.5.